The van der Waals surface area contributed by atoms with E-state index >= 15 is 0 Å². The van der Waals surface area contributed by atoms with Gasteiger partial charge in [0.15, 0.2) is 6.10 Å². The minimum atomic E-state index is -0.794. The number of carbonyl (C=O) groups excluding carboxylic acids is 3. The molecular weight excluding hydrogens is 997 g/mol. The van der Waals surface area contributed by atoms with E-state index in [0.717, 1.165) is 103 Å². The third-order valence-electron chi connectivity index (χ3n) is 15.4. The molecule has 0 heterocycles. The Hall–Kier alpha value is -3.41. The van der Waals surface area contributed by atoms with Crippen LogP contribution in [0, 0.1) is 0 Å². The first-order chi connectivity index (χ1) is 40.0. The number of ether oxygens (including phenoxy) is 3. The van der Waals surface area contributed by atoms with E-state index in [1.54, 1.807) is 0 Å². The maximum absolute atomic E-state index is 12.9. The normalized spacial score (nSPS) is 12.6. The van der Waals surface area contributed by atoms with Gasteiger partial charge in [0, 0.05) is 19.3 Å². The van der Waals surface area contributed by atoms with Crippen LogP contribution in [-0.4, -0.2) is 37.2 Å². The summed E-state index contributed by atoms with van der Waals surface area (Å²) in [5, 5.41) is 0. The summed E-state index contributed by atoms with van der Waals surface area (Å²) < 4.78 is 17.0. The van der Waals surface area contributed by atoms with E-state index in [4.69, 9.17) is 14.2 Å². The summed E-state index contributed by atoms with van der Waals surface area (Å²) in [6.07, 6.45) is 91.8. The zero-order chi connectivity index (χ0) is 58.5. The van der Waals surface area contributed by atoms with Crippen molar-refractivity contribution in [2.45, 2.75) is 361 Å². The van der Waals surface area contributed by atoms with Crippen molar-refractivity contribution in [2.24, 2.45) is 0 Å². The van der Waals surface area contributed by atoms with E-state index in [-0.39, 0.29) is 31.1 Å². The van der Waals surface area contributed by atoms with E-state index in [2.05, 4.69) is 106 Å². The second-order valence-electron chi connectivity index (χ2n) is 23.4. The molecule has 0 saturated carbocycles. The van der Waals surface area contributed by atoms with Crippen molar-refractivity contribution in [3.63, 3.8) is 0 Å². The molecule has 0 aliphatic rings. The van der Waals surface area contributed by atoms with Gasteiger partial charge in [0.1, 0.15) is 13.2 Å². The lowest BCUT2D eigenvalue weighted by atomic mass is 10.0. The van der Waals surface area contributed by atoms with Gasteiger partial charge < -0.3 is 14.2 Å². The number of allylic oxidation sites excluding steroid dienone is 14. The second kappa shape index (κ2) is 69.1. The highest BCUT2D eigenvalue weighted by atomic mass is 16.6. The van der Waals surface area contributed by atoms with Gasteiger partial charge in [0.2, 0.25) is 0 Å². The van der Waals surface area contributed by atoms with Gasteiger partial charge in [-0.2, -0.15) is 0 Å². The van der Waals surface area contributed by atoms with E-state index in [1.807, 2.05) is 0 Å². The zero-order valence-electron chi connectivity index (χ0n) is 53.8. The number of rotatable bonds is 64. The van der Waals surface area contributed by atoms with Crippen LogP contribution in [0.25, 0.3) is 0 Å². The fourth-order valence-corrected chi connectivity index (χ4v) is 10.2. The third kappa shape index (κ3) is 67.3. The maximum Gasteiger partial charge on any atom is 0.306 e. The molecule has 0 amide bonds. The quantitative estimate of drug-likeness (QED) is 0.0261. The fourth-order valence-electron chi connectivity index (χ4n) is 10.2. The van der Waals surface area contributed by atoms with Gasteiger partial charge in [-0.1, -0.05) is 324 Å². The first-order valence-electron chi connectivity index (χ1n) is 35.1. The Morgan fingerprint density at radius 2 is 0.481 bits per heavy atom. The van der Waals surface area contributed by atoms with E-state index < -0.39 is 6.10 Å². The molecule has 0 bridgehead atoms. The van der Waals surface area contributed by atoms with Crippen molar-refractivity contribution in [1.82, 2.24) is 0 Å². The van der Waals surface area contributed by atoms with Crippen LogP contribution in [0.15, 0.2) is 85.1 Å². The molecule has 0 spiro atoms. The topological polar surface area (TPSA) is 78.9 Å². The van der Waals surface area contributed by atoms with Crippen molar-refractivity contribution in [1.29, 1.82) is 0 Å². The van der Waals surface area contributed by atoms with Crippen LogP contribution in [0.3, 0.4) is 0 Å². The van der Waals surface area contributed by atoms with Crippen LogP contribution in [-0.2, 0) is 28.6 Å². The fraction of sp³-hybridized carbons (Fsp3) is 0.773. The highest BCUT2D eigenvalue weighted by Crippen LogP contribution is 2.18. The van der Waals surface area contributed by atoms with Crippen molar-refractivity contribution in [3.05, 3.63) is 85.1 Å². The maximum atomic E-state index is 12.9. The average Bonchev–Trinajstić information content (AvgIpc) is 3.47. The predicted octanol–water partition coefficient (Wildman–Crippen LogP) is 24.2. The van der Waals surface area contributed by atoms with Gasteiger partial charge in [-0.25, -0.2) is 0 Å². The van der Waals surface area contributed by atoms with Crippen molar-refractivity contribution < 1.29 is 28.6 Å². The molecule has 0 aromatic carbocycles. The molecule has 1 atom stereocenters. The Morgan fingerprint density at radius 3 is 0.765 bits per heavy atom. The summed E-state index contributed by atoms with van der Waals surface area (Å²) in [6.45, 7) is 6.54. The Kier molecular flexibility index (Phi) is 66.2. The van der Waals surface area contributed by atoms with Gasteiger partial charge in [-0.3, -0.25) is 14.4 Å². The van der Waals surface area contributed by atoms with Crippen molar-refractivity contribution in [3.8, 4) is 0 Å². The number of unbranched alkanes of at least 4 members (excludes halogenated alkanes) is 39. The molecule has 0 N–H and O–H groups in total. The summed E-state index contributed by atoms with van der Waals surface area (Å²) in [6, 6.07) is 0. The highest BCUT2D eigenvalue weighted by molar-refractivity contribution is 5.71. The van der Waals surface area contributed by atoms with Gasteiger partial charge in [-0.15, -0.1) is 0 Å². The van der Waals surface area contributed by atoms with Crippen LogP contribution < -0.4 is 0 Å². The molecule has 0 aliphatic heterocycles. The lowest BCUT2D eigenvalue weighted by Gasteiger charge is -2.18. The van der Waals surface area contributed by atoms with Crippen LogP contribution in [0.5, 0.6) is 0 Å². The first kappa shape index (κ1) is 77.6. The molecule has 468 valence electrons. The molecule has 81 heavy (non-hydrogen) atoms. The molecular formula is C75H132O6. The third-order valence-corrected chi connectivity index (χ3v) is 15.4. The summed E-state index contributed by atoms with van der Waals surface area (Å²) in [4.78, 5) is 38.4. The molecule has 0 aromatic rings. The van der Waals surface area contributed by atoms with Gasteiger partial charge >= 0.3 is 17.9 Å². The Labute approximate surface area is 503 Å². The lowest BCUT2D eigenvalue weighted by Crippen LogP contribution is -2.30. The SMILES string of the molecule is CC/C=C\C/C=C\C/C=C\C/C=C\C/C=C\CCCCCC(=O)OC(COC(=O)CCCCCCCCCCCCCCCCC/C=C\C/C=C\CCCCCCC)COC(=O)CCCCCCCCCCCCCCCCCCC. The second-order valence-corrected chi connectivity index (χ2v) is 23.4. The summed E-state index contributed by atoms with van der Waals surface area (Å²) in [5.41, 5.74) is 0. The molecule has 1 unspecified atom stereocenters. The van der Waals surface area contributed by atoms with Crippen molar-refractivity contribution >= 4 is 17.9 Å². The smallest absolute Gasteiger partial charge is 0.306 e. The van der Waals surface area contributed by atoms with Crippen LogP contribution in [0.4, 0.5) is 0 Å². The Bertz CT molecular complexity index is 1530. The van der Waals surface area contributed by atoms with Crippen LogP contribution >= 0.6 is 0 Å². The average molecular weight is 1130 g/mol. The lowest BCUT2D eigenvalue weighted by molar-refractivity contribution is -0.167. The number of hydrogen-bond acceptors (Lipinski definition) is 6. The largest absolute Gasteiger partial charge is 0.462 e. The molecule has 0 aromatic heterocycles. The van der Waals surface area contributed by atoms with E-state index in [0.29, 0.717) is 19.3 Å². The minimum absolute atomic E-state index is 0.0861. The van der Waals surface area contributed by atoms with Crippen LogP contribution in [0.1, 0.15) is 355 Å². The van der Waals surface area contributed by atoms with Gasteiger partial charge in [0.05, 0.1) is 0 Å². The molecule has 6 nitrogen and oxygen atoms in total. The molecule has 0 aliphatic carbocycles. The molecule has 6 heteroatoms. The summed E-state index contributed by atoms with van der Waals surface area (Å²) in [7, 11) is 0. The number of esters is 3. The number of carbonyl (C=O) groups is 3. The summed E-state index contributed by atoms with van der Waals surface area (Å²) in [5.74, 6) is -0.899. The minimum Gasteiger partial charge on any atom is -0.462 e. The predicted molar refractivity (Wildman–Crippen MR) is 353 cm³/mol. The van der Waals surface area contributed by atoms with E-state index in [9.17, 15) is 14.4 Å². The summed E-state index contributed by atoms with van der Waals surface area (Å²) >= 11 is 0. The van der Waals surface area contributed by atoms with Gasteiger partial charge in [-0.05, 0) is 96.3 Å². The highest BCUT2D eigenvalue weighted by Gasteiger charge is 2.19. The van der Waals surface area contributed by atoms with Crippen molar-refractivity contribution in [2.75, 3.05) is 13.2 Å². The number of hydrogen-bond donors (Lipinski definition) is 0. The van der Waals surface area contributed by atoms with Gasteiger partial charge in [0.25, 0.3) is 0 Å². The first-order valence-corrected chi connectivity index (χ1v) is 35.1. The molecule has 0 saturated heterocycles. The molecule has 0 radical (unpaired) electrons. The standard InChI is InChI=1S/C75H132O6/c1-4-7-10-13-16-19-22-25-28-31-33-34-35-36-37-38-39-40-42-44-47-50-53-56-59-62-65-68-74(77)80-71-72(70-79-73(76)67-64-61-58-55-52-49-46-43-30-27-24-21-18-15-12-9-6-3)81-75(78)69-66-63-60-57-54-51-48-45-41-32-29-26-23-20-17-14-11-8-5-2/h8,11,17,20,22,25-26,29,31,33,41,45,51,54,72H,4-7,9-10,12-16,18-19,21,23-24,27-28,30,32,34-40,42-44,46-50,52-53,55-71H2,1-3H3/b11-8-,20-17-,25-22-,29-26-,33-31-,45-41-,54-51-. The Morgan fingerprint density at radius 1 is 0.259 bits per heavy atom. The molecule has 0 rings (SSSR count). The van der Waals surface area contributed by atoms with E-state index in [1.165, 1.54) is 212 Å². The zero-order valence-corrected chi connectivity index (χ0v) is 53.8. The monoisotopic (exact) mass is 1130 g/mol. The Balaban J connectivity index is 4.34. The van der Waals surface area contributed by atoms with Crippen LogP contribution in [0.2, 0.25) is 0 Å². The molecule has 0 fully saturated rings.